The van der Waals surface area contributed by atoms with E-state index in [0.29, 0.717) is 0 Å². The van der Waals surface area contributed by atoms with Gasteiger partial charge in [0.25, 0.3) is 5.91 Å². The van der Waals surface area contributed by atoms with Gasteiger partial charge in [-0.2, -0.15) is 0 Å². The summed E-state index contributed by atoms with van der Waals surface area (Å²) in [6.45, 7) is 5.80. The van der Waals surface area contributed by atoms with Crippen LogP contribution in [0.1, 0.15) is 37.8 Å². The van der Waals surface area contributed by atoms with Crippen molar-refractivity contribution in [3.8, 4) is 5.75 Å². The lowest BCUT2D eigenvalue weighted by Crippen LogP contribution is -2.40. The fourth-order valence-electron chi connectivity index (χ4n) is 2.24. The zero-order chi connectivity index (χ0) is 14.2. The average Bonchev–Trinajstić information content (AvgIpc) is 2.63. The van der Waals surface area contributed by atoms with E-state index in [1.54, 1.807) is 20.1 Å². The lowest BCUT2D eigenvalue weighted by Gasteiger charge is -2.23. The quantitative estimate of drug-likeness (QED) is 0.817. The van der Waals surface area contributed by atoms with Gasteiger partial charge in [-0.25, -0.2) is 4.79 Å². The normalized spacial score (nSPS) is 22.4. The monoisotopic (exact) mass is 262 g/mol. The summed E-state index contributed by atoms with van der Waals surface area (Å²) in [7, 11) is 1.62. The molecule has 1 atom stereocenters. The summed E-state index contributed by atoms with van der Waals surface area (Å²) < 4.78 is 5.32. The second-order valence-corrected chi connectivity index (χ2v) is 5.14. The van der Waals surface area contributed by atoms with E-state index >= 15 is 0 Å². The Bertz CT molecular complexity index is 539. The van der Waals surface area contributed by atoms with Gasteiger partial charge in [-0.1, -0.05) is 19.9 Å². The van der Waals surface area contributed by atoms with Crippen LogP contribution in [0, 0.1) is 0 Å². The molecule has 1 aromatic rings. The second-order valence-electron chi connectivity index (χ2n) is 5.14. The number of carbonyl (C=O) groups excluding carboxylic acids is 2. The molecule has 1 heterocycles. The van der Waals surface area contributed by atoms with Crippen LogP contribution in [0.4, 0.5) is 4.79 Å². The highest BCUT2D eigenvalue weighted by Crippen LogP contribution is 2.32. The third-order valence-corrected chi connectivity index (χ3v) is 3.47. The first-order valence-electron chi connectivity index (χ1n) is 6.20. The van der Waals surface area contributed by atoms with Gasteiger partial charge in [-0.15, -0.1) is 0 Å². The maximum Gasteiger partial charge on any atom is 0.322 e. The maximum absolute atomic E-state index is 11.9. The lowest BCUT2D eigenvalue weighted by atomic mass is 9.88. The summed E-state index contributed by atoms with van der Waals surface area (Å²) >= 11 is 0. The molecule has 2 rings (SSSR count). The number of ether oxygens (including phenoxy) is 1. The highest BCUT2D eigenvalue weighted by molar-refractivity contribution is 6.07. The number of rotatable bonds is 3. The van der Waals surface area contributed by atoms with E-state index < -0.39 is 11.6 Å². The number of carbonyl (C=O) groups is 2. The van der Waals surface area contributed by atoms with Crippen molar-refractivity contribution in [2.45, 2.75) is 32.2 Å². The minimum Gasteiger partial charge on any atom is -0.496 e. The average molecular weight is 262 g/mol. The summed E-state index contributed by atoms with van der Waals surface area (Å²) in [6.07, 6.45) is 0. The van der Waals surface area contributed by atoms with Crippen LogP contribution < -0.4 is 15.4 Å². The number of amides is 3. The van der Waals surface area contributed by atoms with Gasteiger partial charge in [0.05, 0.1) is 7.11 Å². The first kappa shape index (κ1) is 13.4. The van der Waals surface area contributed by atoms with E-state index in [-0.39, 0.29) is 11.8 Å². The van der Waals surface area contributed by atoms with Crippen molar-refractivity contribution in [3.05, 3.63) is 29.3 Å². The SMILES string of the molecule is COc1ccc(C2(C)NC(=O)NC2=O)cc1C(C)C. The van der Waals surface area contributed by atoms with Crippen LogP contribution in [-0.4, -0.2) is 19.0 Å². The Balaban J connectivity index is 2.49. The molecule has 5 heteroatoms. The smallest absolute Gasteiger partial charge is 0.322 e. The molecule has 5 nitrogen and oxygen atoms in total. The zero-order valence-electron chi connectivity index (χ0n) is 11.5. The molecule has 102 valence electrons. The number of imide groups is 1. The first-order chi connectivity index (χ1) is 8.88. The highest BCUT2D eigenvalue weighted by Gasteiger charge is 2.43. The van der Waals surface area contributed by atoms with Gasteiger partial charge in [-0.05, 0) is 36.1 Å². The molecule has 1 saturated heterocycles. The molecule has 0 bridgehead atoms. The molecule has 1 aromatic carbocycles. The number of methoxy groups -OCH3 is 1. The van der Waals surface area contributed by atoms with E-state index in [1.807, 2.05) is 12.1 Å². The third-order valence-electron chi connectivity index (χ3n) is 3.47. The van der Waals surface area contributed by atoms with E-state index in [4.69, 9.17) is 4.74 Å². The number of urea groups is 1. The van der Waals surface area contributed by atoms with Gasteiger partial charge in [0.2, 0.25) is 0 Å². The summed E-state index contributed by atoms with van der Waals surface area (Å²) in [5.41, 5.74) is 0.739. The summed E-state index contributed by atoms with van der Waals surface area (Å²) in [5, 5.41) is 4.92. The van der Waals surface area contributed by atoms with Gasteiger partial charge < -0.3 is 10.1 Å². The number of benzene rings is 1. The number of hydrogen-bond donors (Lipinski definition) is 2. The molecular formula is C14H18N2O3. The molecule has 0 spiro atoms. The van der Waals surface area contributed by atoms with Crippen molar-refractivity contribution in [1.82, 2.24) is 10.6 Å². The van der Waals surface area contributed by atoms with Crippen LogP contribution in [-0.2, 0) is 10.3 Å². The molecule has 1 aliphatic heterocycles. The predicted molar refractivity (Wildman–Crippen MR) is 71.1 cm³/mol. The van der Waals surface area contributed by atoms with Crippen LogP contribution in [0.3, 0.4) is 0 Å². The van der Waals surface area contributed by atoms with Gasteiger partial charge in [-0.3, -0.25) is 10.1 Å². The standard InChI is InChI=1S/C14H18N2O3/c1-8(2)10-7-9(5-6-11(10)19-4)14(3)12(17)15-13(18)16-14/h5-8H,1-4H3,(H2,15,16,17,18). The molecule has 19 heavy (non-hydrogen) atoms. The zero-order valence-corrected chi connectivity index (χ0v) is 11.5. The summed E-state index contributed by atoms with van der Waals surface area (Å²) in [4.78, 5) is 23.2. The molecule has 1 unspecified atom stereocenters. The topological polar surface area (TPSA) is 67.4 Å². The van der Waals surface area contributed by atoms with Crippen LogP contribution in [0.25, 0.3) is 0 Å². The Hall–Kier alpha value is -2.04. The van der Waals surface area contributed by atoms with Gasteiger partial charge in [0.1, 0.15) is 11.3 Å². The van der Waals surface area contributed by atoms with Crippen molar-refractivity contribution in [1.29, 1.82) is 0 Å². The Morgan fingerprint density at radius 3 is 2.42 bits per heavy atom. The van der Waals surface area contributed by atoms with Crippen LogP contribution in [0.2, 0.25) is 0 Å². The van der Waals surface area contributed by atoms with E-state index in [9.17, 15) is 9.59 Å². The highest BCUT2D eigenvalue weighted by atomic mass is 16.5. The minimum atomic E-state index is -1.02. The van der Waals surface area contributed by atoms with Crippen molar-refractivity contribution in [2.24, 2.45) is 0 Å². The van der Waals surface area contributed by atoms with E-state index in [0.717, 1.165) is 16.9 Å². The van der Waals surface area contributed by atoms with Gasteiger partial charge >= 0.3 is 6.03 Å². The molecule has 0 aliphatic carbocycles. The Morgan fingerprint density at radius 2 is 1.95 bits per heavy atom. The van der Waals surface area contributed by atoms with Gasteiger partial charge in [0, 0.05) is 0 Å². The largest absolute Gasteiger partial charge is 0.496 e. The van der Waals surface area contributed by atoms with E-state index in [1.165, 1.54) is 0 Å². The van der Waals surface area contributed by atoms with E-state index in [2.05, 4.69) is 24.5 Å². The fraction of sp³-hybridized carbons (Fsp3) is 0.429. The molecular weight excluding hydrogens is 244 g/mol. The third kappa shape index (κ3) is 2.16. The van der Waals surface area contributed by atoms with Crippen molar-refractivity contribution < 1.29 is 14.3 Å². The summed E-state index contributed by atoms with van der Waals surface area (Å²) in [5.74, 6) is 0.711. The number of nitrogens with one attached hydrogen (secondary N) is 2. The van der Waals surface area contributed by atoms with Crippen LogP contribution in [0.5, 0.6) is 5.75 Å². The molecule has 3 amide bonds. The Kier molecular flexibility index (Phi) is 3.22. The molecule has 0 aromatic heterocycles. The molecule has 0 radical (unpaired) electrons. The molecule has 0 saturated carbocycles. The first-order valence-corrected chi connectivity index (χ1v) is 6.20. The maximum atomic E-state index is 11.9. The Morgan fingerprint density at radius 1 is 1.26 bits per heavy atom. The number of hydrogen-bond acceptors (Lipinski definition) is 3. The fourth-order valence-corrected chi connectivity index (χ4v) is 2.24. The molecule has 2 N–H and O–H groups in total. The summed E-state index contributed by atoms with van der Waals surface area (Å²) in [6, 6.07) is 5.08. The van der Waals surface area contributed by atoms with Crippen LogP contribution >= 0.6 is 0 Å². The van der Waals surface area contributed by atoms with Crippen molar-refractivity contribution in [3.63, 3.8) is 0 Å². The minimum absolute atomic E-state index is 0.263. The van der Waals surface area contributed by atoms with Crippen molar-refractivity contribution >= 4 is 11.9 Å². The second kappa shape index (κ2) is 4.57. The van der Waals surface area contributed by atoms with Crippen molar-refractivity contribution in [2.75, 3.05) is 7.11 Å². The van der Waals surface area contributed by atoms with Crippen LogP contribution in [0.15, 0.2) is 18.2 Å². The lowest BCUT2D eigenvalue weighted by molar-refractivity contribution is -0.123. The molecule has 1 fully saturated rings. The Labute approximate surface area is 112 Å². The molecule has 1 aliphatic rings. The van der Waals surface area contributed by atoms with Gasteiger partial charge in [0.15, 0.2) is 0 Å². The predicted octanol–water partition coefficient (Wildman–Crippen LogP) is 1.87.